The molecular weight excluding hydrogens is 242 g/mol. The lowest BCUT2D eigenvalue weighted by molar-refractivity contribution is 0.0590. The molecular formula is C14H21N3O2. The van der Waals surface area contributed by atoms with Crippen molar-refractivity contribution in [3.05, 3.63) is 29.8 Å². The predicted molar refractivity (Wildman–Crippen MR) is 73.9 cm³/mol. The number of rotatable bonds is 3. The highest BCUT2D eigenvalue weighted by Crippen LogP contribution is 2.18. The summed E-state index contributed by atoms with van der Waals surface area (Å²) in [6.07, 6.45) is 1.84. The summed E-state index contributed by atoms with van der Waals surface area (Å²) in [6, 6.07) is 7.22. The van der Waals surface area contributed by atoms with Gasteiger partial charge in [0.2, 0.25) is 0 Å². The number of benzene rings is 1. The van der Waals surface area contributed by atoms with E-state index in [2.05, 4.69) is 11.9 Å². The van der Waals surface area contributed by atoms with Crippen molar-refractivity contribution in [1.82, 2.24) is 9.91 Å². The normalized spacial score (nSPS) is 17.2. The van der Waals surface area contributed by atoms with Crippen molar-refractivity contribution in [3.63, 3.8) is 0 Å². The van der Waals surface area contributed by atoms with Crippen molar-refractivity contribution in [1.29, 1.82) is 0 Å². The van der Waals surface area contributed by atoms with Gasteiger partial charge in [0.25, 0.3) is 5.91 Å². The van der Waals surface area contributed by atoms with Gasteiger partial charge >= 0.3 is 0 Å². The minimum Gasteiger partial charge on any atom is -0.497 e. The number of methoxy groups -OCH3 is 1. The van der Waals surface area contributed by atoms with Crippen molar-refractivity contribution in [2.45, 2.75) is 18.9 Å². The number of carbonyl (C=O) groups is 1. The molecule has 0 saturated carbocycles. The van der Waals surface area contributed by atoms with Gasteiger partial charge in [-0.2, -0.15) is 0 Å². The van der Waals surface area contributed by atoms with Crippen molar-refractivity contribution < 1.29 is 9.53 Å². The van der Waals surface area contributed by atoms with Crippen LogP contribution in [0.3, 0.4) is 0 Å². The van der Waals surface area contributed by atoms with E-state index in [1.165, 1.54) is 5.01 Å². The molecule has 1 saturated heterocycles. The predicted octanol–water partition coefficient (Wildman–Crippen LogP) is 1.11. The number of amides is 1. The molecule has 0 atom stereocenters. The number of ether oxygens (including phenoxy) is 1. The highest BCUT2D eigenvalue weighted by Gasteiger charge is 2.25. The SMILES string of the molecule is COc1cccc(C(=O)N(N)C2CCN(C)CC2)c1. The van der Waals surface area contributed by atoms with Gasteiger partial charge in [-0.1, -0.05) is 6.07 Å². The molecule has 0 unspecified atom stereocenters. The first kappa shape index (κ1) is 13.8. The molecule has 2 N–H and O–H groups in total. The van der Waals surface area contributed by atoms with Crippen LogP contribution in [0.25, 0.3) is 0 Å². The average Bonchev–Trinajstić information content (AvgIpc) is 2.46. The summed E-state index contributed by atoms with van der Waals surface area (Å²) in [5.74, 6) is 6.51. The number of piperidine rings is 1. The Kier molecular flexibility index (Phi) is 4.39. The Morgan fingerprint density at radius 2 is 2.11 bits per heavy atom. The second-order valence-electron chi connectivity index (χ2n) is 4.98. The number of nitrogens with zero attached hydrogens (tertiary/aromatic N) is 2. The van der Waals surface area contributed by atoms with Crippen LogP contribution in [0.4, 0.5) is 0 Å². The Balaban J connectivity index is 2.05. The van der Waals surface area contributed by atoms with E-state index in [1.54, 1.807) is 25.3 Å². The Labute approximate surface area is 113 Å². The Morgan fingerprint density at radius 3 is 2.74 bits per heavy atom. The molecule has 0 bridgehead atoms. The molecule has 1 fully saturated rings. The molecule has 1 aromatic carbocycles. The van der Waals surface area contributed by atoms with Crippen molar-refractivity contribution in [2.24, 2.45) is 5.84 Å². The number of hydrogen-bond donors (Lipinski definition) is 1. The van der Waals surface area contributed by atoms with Crippen LogP contribution in [0.5, 0.6) is 5.75 Å². The van der Waals surface area contributed by atoms with Crippen molar-refractivity contribution >= 4 is 5.91 Å². The van der Waals surface area contributed by atoms with E-state index in [9.17, 15) is 4.79 Å². The highest BCUT2D eigenvalue weighted by molar-refractivity contribution is 5.94. The van der Waals surface area contributed by atoms with E-state index in [-0.39, 0.29) is 11.9 Å². The summed E-state index contributed by atoms with van der Waals surface area (Å²) in [5.41, 5.74) is 0.570. The zero-order chi connectivity index (χ0) is 13.8. The van der Waals surface area contributed by atoms with Crippen LogP contribution in [-0.4, -0.2) is 49.1 Å². The molecule has 0 spiro atoms. The van der Waals surface area contributed by atoms with E-state index in [4.69, 9.17) is 10.6 Å². The van der Waals surface area contributed by atoms with E-state index in [0.29, 0.717) is 11.3 Å². The lowest BCUT2D eigenvalue weighted by Crippen LogP contribution is -2.50. The third-order valence-corrected chi connectivity index (χ3v) is 3.63. The second-order valence-corrected chi connectivity index (χ2v) is 4.98. The molecule has 5 nitrogen and oxygen atoms in total. The summed E-state index contributed by atoms with van der Waals surface area (Å²) in [5, 5.41) is 1.38. The van der Waals surface area contributed by atoms with Gasteiger partial charge in [-0.3, -0.25) is 9.80 Å². The van der Waals surface area contributed by atoms with Crippen molar-refractivity contribution in [3.8, 4) is 5.75 Å². The Hall–Kier alpha value is -1.59. The first-order valence-electron chi connectivity index (χ1n) is 6.52. The molecule has 1 amide bonds. The molecule has 0 radical (unpaired) electrons. The van der Waals surface area contributed by atoms with E-state index in [1.807, 2.05) is 6.07 Å². The second kappa shape index (κ2) is 6.04. The summed E-state index contributed by atoms with van der Waals surface area (Å²) in [7, 11) is 3.67. The van der Waals surface area contributed by atoms with Crippen LogP contribution in [0, 0.1) is 0 Å². The minimum absolute atomic E-state index is 0.120. The molecule has 19 heavy (non-hydrogen) atoms. The maximum atomic E-state index is 12.3. The third kappa shape index (κ3) is 3.24. The van der Waals surface area contributed by atoms with Crippen LogP contribution in [0.15, 0.2) is 24.3 Å². The molecule has 0 aromatic heterocycles. The summed E-state index contributed by atoms with van der Waals surface area (Å²) >= 11 is 0. The van der Waals surface area contributed by atoms with Gasteiger partial charge in [-0.05, 0) is 51.2 Å². The zero-order valence-electron chi connectivity index (χ0n) is 11.5. The van der Waals surface area contributed by atoms with E-state index in [0.717, 1.165) is 25.9 Å². The van der Waals surface area contributed by atoms with Gasteiger partial charge in [0.05, 0.1) is 13.2 Å². The van der Waals surface area contributed by atoms with Crippen LogP contribution in [0.1, 0.15) is 23.2 Å². The Bertz CT molecular complexity index is 442. The van der Waals surface area contributed by atoms with Crippen LogP contribution >= 0.6 is 0 Å². The number of likely N-dealkylation sites (tertiary alicyclic amines) is 1. The lowest BCUT2D eigenvalue weighted by atomic mass is 10.0. The molecule has 0 aliphatic carbocycles. The maximum Gasteiger partial charge on any atom is 0.268 e. The van der Waals surface area contributed by atoms with Crippen LogP contribution < -0.4 is 10.6 Å². The van der Waals surface area contributed by atoms with E-state index >= 15 is 0 Å². The first-order valence-corrected chi connectivity index (χ1v) is 6.52. The van der Waals surface area contributed by atoms with Gasteiger partial charge in [0.1, 0.15) is 5.75 Å². The van der Waals surface area contributed by atoms with Gasteiger partial charge in [0.15, 0.2) is 0 Å². The molecule has 1 aliphatic heterocycles. The number of hydrazine groups is 1. The lowest BCUT2D eigenvalue weighted by Gasteiger charge is -2.34. The topological polar surface area (TPSA) is 58.8 Å². The van der Waals surface area contributed by atoms with Gasteiger partial charge in [-0.25, -0.2) is 5.84 Å². The zero-order valence-corrected chi connectivity index (χ0v) is 11.5. The maximum absolute atomic E-state index is 12.3. The van der Waals surface area contributed by atoms with Gasteiger partial charge in [-0.15, -0.1) is 0 Å². The monoisotopic (exact) mass is 263 g/mol. The fraction of sp³-hybridized carbons (Fsp3) is 0.500. The highest BCUT2D eigenvalue weighted by atomic mass is 16.5. The van der Waals surface area contributed by atoms with E-state index < -0.39 is 0 Å². The molecule has 104 valence electrons. The quantitative estimate of drug-likeness (QED) is 0.504. The standard InChI is InChI=1S/C14H21N3O2/c1-16-8-6-12(7-9-16)17(15)14(18)11-4-3-5-13(10-11)19-2/h3-5,10,12H,6-9,15H2,1-2H3. The largest absolute Gasteiger partial charge is 0.497 e. The smallest absolute Gasteiger partial charge is 0.268 e. The number of hydrogen-bond acceptors (Lipinski definition) is 4. The Morgan fingerprint density at radius 1 is 1.42 bits per heavy atom. The number of nitrogens with two attached hydrogens (primary N) is 1. The summed E-state index contributed by atoms with van der Waals surface area (Å²) in [6.45, 7) is 1.95. The first-order chi connectivity index (χ1) is 9.11. The molecule has 2 rings (SSSR count). The van der Waals surface area contributed by atoms with Gasteiger partial charge < -0.3 is 9.64 Å². The van der Waals surface area contributed by atoms with Crippen LogP contribution in [0.2, 0.25) is 0 Å². The summed E-state index contributed by atoms with van der Waals surface area (Å²) < 4.78 is 5.13. The molecule has 1 aliphatic rings. The minimum atomic E-state index is -0.145. The molecule has 5 heteroatoms. The van der Waals surface area contributed by atoms with Crippen molar-refractivity contribution in [2.75, 3.05) is 27.2 Å². The molecule has 1 heterocycles. The van der Waals surface area contributed by atoms with Gasteiger partial charge in [0, 0.05) is 5.56 Å². The molecule has 1 aromatic rings. The third-order valence-electron chi connectivity index (χ3n) is 3.63. The average molecular weight is 263 g/mol. The summed E-state index contributed by atoms with van der Waals surface area (Å²) in [4.78, 5) is 14.6. The van der Waals surface area contributed by atoms with Crippen LogP contribution in [-0.2, 0) is 0 Å². The fourth-order valence-electron chi connectivity index (χ4n) is 2.34. The number of carbonyl (C=O) groups excluding carboxylic acids is 1. The fourth-order valence-corrected chi connectivity index (χ4v) is 2.34.